The quantitative estimate of drug-likeness (QED) is 0.925. The number of hydrogen-bond donors (Lipinski definition) is 1. The number of aryl methyl sites for hydroxylation is 1. The number of nitrogens with zero attached hydrogens (tertiary/aromatic N) is 2. The molecular formula is C18H20N2O2. The van der Waals surface area contributed by atoms with E-state index in [9.17, 15) is 9.90 Å². The minimum atomic E-state index is -0.861. The number of piperidine rings is 3. The molecule has 0 saturated carbocycles. The standard InChI is InChI=1S/C18H20N2O2/c1-11-2-3-16-13(8-11)14(18(21)22)9-17(19-16)15-10-20-6-4-12(15)5-7-20/h2-3,8-9,12,15H,4-7,10H2,1H3,(H,21,22). The maximum atomic E-state index is 11.7. The number of benzene rings is 1. The number of fused-ring (bicyclic) bond motifs is 4. The van der Waals surface area contributed by atoms with Crippen LogP contribution in [0.15, 0.2) is 24.3 Å². The predicted octanol–water partition coefficient (Wildman–Crippen LogP) is 3.05. The second-order valence-corrected chi connectivity index (χ2v) is 6.66. The molecule has 4 heterocycles. The summed E-state index contributed by atoms with van der Waals surface area (Å²) in [4.78, 5) is 19.0. The fourth-order valence-electron chi connectivity index (χ4n) is 4.03. The molecule has 3 fully saturated rings. The van der Waals surface area contributed by atoms with Gasteiger partial charge in [0.05, 0.1) is 11.1 Å². The number of aromatic carboxylic acids is 1. The summed E-state index contributed by atoms with van der Waals surface area (Å²) in [6.07, 6.45) is 2.42. The molecular weight excluding hydrogens is 276 g/mol. The van der Waals surface area contributed by atoms with Crippen molar-refractivity contribution in [3.8, 4) is 0 Å². The molecule has 0 spiro atoms. The van der Waals surface area contributed by atoms with E-state index in [1.54, 1.807) is 0 Å². The monoisotopic (exact) mass is 296 g/mol. The molecule has 1 aromatic heterocycles. The fraction of sp³-hybridized carbons (Fsp3) is 0.444. The van der Waals surface area contributed by atoms with Crippen molar-refractivity contribution in [2.24, 2.45) is 5.92 Å². The molecule has 4 heteroatoms. The topological polar surface area (TPSA) is 53.4 Å². The summed E-state index contributed by atoms with van der Waals surface area (Å²) < 4.78 is 0. The van der Waals surface area contributed by atoms with Crippen molar-refractivity contribution < 1.29 is 9.90 Å². The van der Waals surface area contributed by atoms with Gasteiger partial charge in [-0.2, -0.15) is 0 Å². The van der Waals surface area contributed by atoms with Gasteiger partial charge >= 0.3 is 5.97 Å². The summed E-state index contributed by atoms with van der Waals surface area (Å²) in [5, 5.41) is 10.3. The average molecular weight is 296 g/mol. The molecule has 0 amide bonds. The highest BCUT2D eigenvalue weighted by molar-refractivity contribution is 6.02. The smallest absolute Gasteiger partial charge is 0.336 e. The Morgan fingerprint density at radius 2 is 2.05 bits per heavy atom. The molecule has 1 N–H and O–H groups in total. The lowest BCUT2D eigenvalue weighted by Gasteiger charge is -2.44. The molecule has 114 valence electrons. The average Bonchev–Trinajstić information content (AvgIpc) is 2.54. The van der Waals surface area contributed by atoms with Crippen LogP contribution in [0.5, 0.6) is 0 Å². The van der Waals surface area contributed by atoms with Gasteiger partial charge in [-0.25, -0.2) is 4.79 Å². The van der Waals surface area contributed by atoms with Gasteiger partial charge in [0, 0.05) is 23.5 Å². The molecule has 5 rings (SSSR count). The van der Waals surface area contributed by atoms with Gasteiger partial charge in [-0.1, -0.05) is 11.6 Å². The van der Waals surface area contributed by atoms with Gasteiger partial charge in [0.1, 0.15) is 0 Å². The number of carbonyl (C=O) groups is 1. The Kier molecular flexibility index (Phi) is 3.15. The van der Waals surface area contributed by atoms with E-state index in [0.29, 0.717) is 17.4 Å². The van der Waals surface area contributed by atoms with Crippen LogP contribution in [-0.4, -0.2) is 40.6 Å². The van der Waals surface area contributed by atoms with E-state index in [0.717, 1.165) is 28.7 Å². The minimum Gasteiger partial charge on any atom is -0.478 e. The minimum absolute atomic E-state index is 0.381. The Morgan fingerprint density at radius 1 is 1.27 bits per heavy atom. The Morgan fingerprint density at radius 3 is 2.68 bits per heavy atom. The highest BCUT2D eigenvalue weighted by Crippen LogP contribution is 2.39. The van der Waals surface area contributed by atoms with Gasteiger partial charge < -0.3 is 10.0 Å². The molecule has 1 unspecified atom stereocenters. The lowest BCUT2D eigenvalue weighted by atomic mass is 9.77. The number of hydrogen-bond acceptors (Lipinski definition) is 3. The molecule has 22 heavy (non-hydrogen) atoms. The van der Waals surface area contributed by atoms with E-state index < -0.39 is 5.97 Å². The lowest BCUT2D eigenvalue weighted by molar-refractivity contribution is 0.0697. The molecule has 4 nitrogen and oxygen atoms in total. The first-order chi connectivity index (χ1) is 10.6. The summed E-state index contributed by atoms with van der Waals surface area (Å²) in [5.41, 5.74) is 3.22. The third-order valence-electron chi connectivity index (χ3n) is 5.25. The van der Waals surface area contributed by atoms with Crippen molar-refractivity contribution in [1.29, 1.82) is 0 Å². The molecule has 3 aliphatic heterocycles. The van der Waals surface area contributed by atoms with E-state index in [-0.39, 0.29) is 0 Å². The molecule has 3 aliphatic rings. The van der Waals surface area contributed by atoms with Crippen LogP contribution in [0.3, 0.4) is 0 Å². The molecule has 1 atom stereocenters. The summed E-state index contributed by atoms with van der Waals surface area (Å²) in [6.45, 7) is 5.36. The molecule has 0 aliphatic carbocycles. The van der Waals surface area contributed by atoms with Crippen LogP contribution in [0.1, 0.15) is 40.4 Å². The van der Waals surface area contributed by atoms with Gasteiger partial charge in [0.15, 0.2) is 0 Å². The molecule has 1 aromatic carbocycles. The number of pyridine rings is 1. The van der Waals surface area contributed by atoms with Crippen molar-refractivity contribution in [1.82, 2.24) is 9.88 Å². The number of carboxylic acids is 1. The van der Waals surface area contributed by atoms with Crippen molar-refractivity contribution in [3.63, 3.8) is 0 Å². The van der Waals surface area contributed by atoms with Crippen LogP contribution >= 0.6 is 0 Å². The predicted molar refractivity (Wildman–Crippen MR) is 85.3 cm³/mol. The van der Waals surface area contributed by atoms with E-state index >= 15 is 0 Å². The lowest BCUT2D eigenvalue weighted by Crippen LogP contribution is -2.46. The van der Waals surface area contributed by atoms with E-state index in [1.807, 2.05) is 31.2 Å². The largest absolute Gasteiger partial charge is 0.478 e. The third-order valence-corrected chi connectivity index (χ3v) is 5.25. The van der Waals surface area contributed by atoms with Gasteiger partial charge in [-0.05, 0) is 57.0 Å². The number of carboxylic acid groups (broad SMARTS) is 1. The van der Waals surface area contributed by atoms with Gasteiger partial charge in [0.2, 0.25) is 0 Å². The SMILES string of the molecule is Cc1ccc2nc(C3CN4CCC3CC4)cc(C(=O)O)c2c1. The van der Waals surface area contributed by atoms with Gasteiger partial charge in [-0.3, -0.25) is 4.98 Å². The number of aromatic nitrogens is 1. The fourth-order valence-corrected chi connectivity index (χ4v) is 4.03. The van der Waals surface area contributed by atoms with Crippen molar-refractivity contribution >= 4 is 16.9 Å². The summed E-state index contributed by atoms with van der Waals surface area (Å²) >= 11 is 0. The summed E-state index contributed by atoms with van der Waals surface area (Å²) in [6, 6.07) is 7.69. The maximum absolute atomic E-state index is 11.7. The van der Waals surface area contributed by atoms with Crippen molar-refractivity contribution in [3.05, 3.63) is 41.1 Å². The Balaban J connectivity index is 1.85. The Labute approximate surface area is 129 Å². The number of rotatable bonds is 2. The van der Waals surface area contributed by atoms with Crippen LogP contribution in [0.2, 0.25) is 0 Å². The molecule has 2 bridgehead atoms. The first-order valence-electron chi connectivity index (χ1n) is 7.99. The van der Waals surface area contributed by atoms with Crippen LogP contribution in [0.4, 0.5) is 0 Å². The second kappa shape index (κ2) is 5.06. The highest BCUT2D eigenvalue weighted by atomic mass is 16.4. The van der Waals surface area contributed by atoms with Crippen molar-refractivity contribution in [2.75, 3.05) is 19.6 Å². The first-order valence-corrected chi connectivity index (χ1v) is 7.99. The summed E-state index contributed by atoms with van der Waals surface area (Å²) in [5.74, 6) is 0.175. The van der Waals surface area contributed by atoms with Crippen LogP contribution < -0.4 is 0 Å². The zero-order valence-electron chi connectivity index (χ0n) is 12.7. The van der Waals surface area contributed by atoms with E-state index in [4.69, 9.17) is 4.98 Å². The van der Waals surface area contributed by atoms with Crippen LogP contribution in [-0.2, 0) is 0 Å². The maximum Gasteiger partial charge on any atom is 0.336 e. The van der Waals surface area contributed by atoms with Crippen LogP contribution in [0.25, 0.3) is 10.9 Å². The third kappa shape index (κ3) is 2.18. The van der Waals surface area contributed by atoms with E-state index in [2.05, 4.69) is 4.90 Å². The van der Waals surface area contributed by atoms with Crippen molar-refractivity contribution in [2.45, 2.75) is 25.7 Å². The Hall–Kier alpha value is -1.94. The zero-order chi connectivity index (χ0) is 15.3. The highest BCUT2D eigenvalue weighted by Gasteiger charge is 2.36. The molecule has 3 saturated heterocycles. The first kappa shape index (κ1) is 13.7. The second-order valence-electron chi connectivity index (χ2n) is 6.66. The summed E-state index contributed by atoms with van der Waals surface area (Å²) in [7, 11) is 0. The van der Waals surface area contributed by atoms with Gasteiger partial charge in [0.25, 0.3) is 0 Å². The van der Waals surface area contributed by atoms with E-state index in [1.165, 1.54) is 25.9 Å². The molecule has 2 aromatic rings. The van der Waals surface area contributed by atoms with Gasteiger partial charge in [-0.15, -0.1) is 0 Å². The van der Waals surface area contributed by atoms with Crippen LogP contribution in [0, 0.1) is 12.8 Å². The Bertz CT molecular complexity index is 748. The molecule has 0 radical (unpaired) electrons. The zero-order valence-corrected chi connectivity index (χ0v) is 12.7. The normalized spacial score (nSPS) is 27.2.